The van der Waals surface area contributed by atoms with Crippen molar-refractivity contribution < 1.29 is 4.74 Å². The van der Waals surface area contributed by atoms with Crippen LogP contribution in [0.15, 0.2) is 24.3 Å². The monoisotopic (exact) mass is 300 g/mol. The first-order valence-corrected chi connectivity index (χ1v) is 7.45. The number of hydrogen-bond donors (Lipinski definition) is 0. The van der Waals surface area contributed by atoms with E-state index in [1.807, 2.05) is 12.1 Å². The zero-order valence-electron chi connectivity index (χ0n) is 12.3. The molecule has 1 aliphatic rings. The highest BCUT2D eigenvalue weighted by Gasteiger charge is 2.52. The first-order chi connectivity index (χ1) is 8.53. The van der Waals surface area contributed by atoms with Gasteiger partial charge in [-0.2, -0.15) is 0 Å². The molecule has 106 valence electrons. The van der Waals surface area contributed by atoms with Crippen molar-refractivity contribution in [1.82, 2.24) is 0 Å². The number of alkyl halides is 2. The maximum absolute atomic E-state index is 6.11. The van der Waals surface area contributed by atoms with Crippen LogP contribution in [0.4, 0.5) is 0 Å². The molecule has 0 aliphatic heterocycles. The van der Waals surface area contributed by atoms with Gasteiger partial charge in [0.15, 0.2) is 0 Å². The summed E-state index contributed by atoms with van der Waals surface area (Å²) in [4.78, 5) is 0. The fraction of sp³-hybridized carbons (Fsp3) is 0.625. The predicted molar refractivity (Wildman–Crippen MR) is 82.4 cm³/mol. The number of hydrogen-bond acceptors (Lipinski definition) is 1. The van der Waals surface area contributed by atoms with Crippen molar-refractivity contribution in [1.29, 1.82) is 0 Å². The molecule has 0 spiro atoms. The Morgan fingerprint density at radius 3 is 1.89 bits per heavy atom. The number of benzene rings is 1. The van der Waals surface area contributed by atoms with Crippen molar-refractivity contribution >= 4 is 23.2 Å². The van der Waals surface area contributed by atoms with Gasteiger partial charge in [-0.3, -0.25) is 0 Å². The van der Waals surface area contributed by atoms with Crippen molar-refractivity contribution in [3.8, 4) is 5.75 Å². The van der Waals surface area contributed by atoms with Crippen LogP contribution in [0.1, 0.15) is 52.5 Å². The van der Waals surface area contributed by atoms with Crippen molar-refractivity contribution in [2.24, 2.45) is 5.41 Å². The summed E-state index contributed by atoms with van der Waals surface area (Å²) in [6.45, 7) is 10.8. The molecule has 1 fully saturated rings. The van der Waals surface area contributed by atoms with E-state index in [4.69, 9.17) is 27.9 Å². The van der Waals surface area contributed by atoms with Crippen molar-refractivity contribution in [2.75, 3.05) is 0 Å². The quantitative estimate of drug-likeness (QED) is 0.665. The van der Waals surface area contributed by atoms with Crippen LogP contribution in [0.2, 0.25) is 0 Å². The van der Waals surface area contributed by atoms with Gasteiger partial charge in [-0.15, -0.1) is 23.2 Å². The molecule has 1 unspecified atom stereocenters. The fourth-order valence-corrected chi connectivity index (χ4v) is 2.35. The molecule has 1 aromatic rings. The second-order valence-electron chi connectivity index (χ2n) is 6.95. The van der Waals surface area contributed by atoms with Crippen molar-refractivity contribution in [2.45, 2.75) is 56.9 Å². The molecule has 0 radical (unpaired) electrons. The molecule has 0 heterocycles. The highest BCUT2D eigenvalue weighted by molar-refractivity contribution is 6.51. The van der Waals surface area contributed by atoms with Crippen molar-refractivity contribution in [3.05, 3.63) is 29.8 Å². The lowest BCUT2D eigenvalue weighted by Crippen LogP contribution is -2.42. The molecular formula is C16H22Cl2O. The van der Waals surface area contributed by atoms with E-state index < -0.39 is 4.33 Å². The van der Waals surface area contributed by atoms with Crippen molar-refractivity contribution in [3.63, 3.8) is 0 Å². The molecule has 2 rings (SSSR count). The molecule has 3 heteroatoms. The Morgan fingerprint density at radius 2 is 1.53 bits per heavy atom. The fourth-order valence-electron chi connectivity index (χ4n) is 1.79. The van der Waals surface area contributed by atoms with E-state index in [-0.39, 0.29) is 16.9 Å². The van der Waals surface area contributed by atoms with Crippen LogP contribution >= 0.6 is 23.2 Å². The number of ether oxygens (including phenoxy) is 1. The molecule has 0 saturated heterocycles. The first kappa shape index (κ1) is 15.0. The largest absolute Gasteiger partial charge is 0.487 e. The SMILES string of the molecule is CC(C)(C)C(C)(C)Oc1ccc(C2CC2(Cl)Cl)cc1. The third-order valence-corrected chi connectivity index (χ3v) is 5.12. The summed E-state index contributed by atoms with van der Waals surface area (Å²) in [6.07, 6.45) is 0.837. The minimum Gasteiger partial charge on any atom is -0.487 e. The highest BCUT2D eigenvalue weighted by Crippen LogP contribution is 2.59. The molecule has 0 N–H and O–H groups in total. The number of halogens is 2. The summed E-state index contributed by atoms with van der Waals surface area (Å²) in [5.41, 5.74) is 1.03. The molecule has 0 amide bonds. The van der Waals surface area contributed by atoms with Gasteiger partial charge in [0.1, 0.15) is 15.7 Å². The molecule has 19 heavy (non-hydrogen) atoms. The maximum Gasteiger partial charge on any atom is 0.125 e. The maximum atomic E-state index is 6.11. The van der Waals surface area contributed by atoms with E-state index in [0.29, 0.717) is 0 Å². The van der Waals surface area contributed by atoms with E-state index in [1.165, 1.54) is 5.56 Å². The molecule has 1 saturated carbocycles. The normalized spacial score (nSPS) is 22.2. The Hall–Kier alpha value is -0.400. The zero-order chi connectivity index (χ0) is 14.5. The second-order valence-corrected chi connectivity index (χ2v) is 8.49. The smallest absolute Gasteiger partial charge is 0.125 e. The van der Waals surface area contributed by atoms with Gasteiger partial charge in [0.2, 0.25) is 0 Å². The third-order valence-electron chi connectivity index (χ3n) is 4.29. The van der Waals surface area contributed by atoms with Crippen LogP contribution in [0.5, 0.6) is 5.75 Å². The number of rotatable bonds is 3. The van der Waals surface area contributed by atoms with Gasteiger partial charge in [0, 0.05) is 11.3 Å². The summed E-state index contributed by atoms with van der Waals surface area (Å²) < 4.78 is 5.54. The molecule has 0 aromatic heterocycles. The molecule has 1 aliphatic carbocycles. The van der Waals surface area contributed by atoms with E-state index >= 15 is 0 Å². The summed E-state index contributed by atoms with van der Waals surface area (Å²) >= 11 is 12.2. The lowest BCUT2D eigenvalue weighted by atomic mass is 9.79. The predicted octanol–water partition coefficient (Wildman–Crippen LogP) is 5.55. The molecule has 1 aromatic carbocycles. The van der Waals surface area contributed by atoms with E-state index in [0.717, 1.165) is 12.2 Å². The molecule has 1 atom stereocenters. The van der Waals surface area contributed by atoms with Crippen LogP contribution in [-0.2, 0) is 0 Å². The highest BCUT2D eigenvalue weighted by atomic mass is 35.5. The minimum atomic E-state index is -0.562. The molecule has 1 nitrogen and oxygen atoms in total. The standard InChI is InChI=1S/C16H22Cl2O/c1-14(2,3)15(4,5)19-12-8-6-11(7-9-12)13-10-16(13,17)18/h6-9,13H,10H2,1-5H3. The average molecular weight is 301 g/mol. The van der Waals surface area contributed by atoms with E-state index in [1.54, 1.807) is 0 Å². The van der Waals surface area contributed by atoms with Gasteiger partial charge >= 0.3 is 0 Å². The Morgan fingerprint density at radius 1 is 1.05 bits per heavy atom. The van der Waals surface area contributed by atoms with Gasteiger partial charge in [-0.1, -0.05) is 32.9 Å². The van der Waals surface area contributed by atoms with Crippen LogP contribution in [0, 0.1) is 5.41 Å². The Balaban J connectivity index is 2.08. The zero-order valence-corrected chi connectivity index (χ0v) is 13.8. The minimum absolute atomic E-state index is 0.0730. The van der Waals surface area contributed by atoms with Crippen LogP contribution in [0.3, 0.4) is 0 Å². The summed E-state index contributed by atoms with van der Waals surface area (Å²) in [7, 11) is 0. The summed E-state index contributed by atoms with van der Waals surface area (Å²) in [5.74, 6) is 1.15. The summed E-state index contributed by atoms with van der Waals surface area (Å²) in [5, 5.41) is 0. The Bertz CT molecular complexity index is 455. The van der Waals surface area contributed by atoms with Crippen LogP contribution in [0.25, 0.3) is 0 Å². The summed E-state index contributed by atoms with van der Waals surface area (Å²) in [6, 6.07) is 8.13. The lowest BCUT2D eigenvalue weighted by Gasteiger charge is -2.39. The van der Waals surface area contributed by atoms with E-state index in [2.05, 4.69) is 46.8 Å². The van der Waals surface area contributed by atoms with Gasteiger partial charge in [-0.25, -0.2) is 0 Å². The Kier molecular flexibility index (Phi) is 3.60. The van der Waals surface area contributed by atoms with Gasteiger partial charge in [0.25, 0.3) is 0 Å². The van der Waals surface area contributed by atoms with Gasteiger partial charge in [-0.05, 0) is 38.0 Å². The topological polar surface area (TPSA) is 9.23 Å². The molecular weight excluding hydrogens is 279 g/mol. The second kappa shape index (κ2) is 4.56. The first-order valence-electron chi connectivity index (χ1n) is 6.70. The lowest BCUT2D eigenvalue weighted by molar-refractivity contribution is 0.000799. The Labute approximate surface area is 126 Å². The van der Waals surface area contributed by atoms with Gasteiger partial charge in [0.05, 0.1) is 0 Å². The molecule has 0 bridgehead atoms. The van der Waals surface area contributed by atoms with Crippen LogP contribution < -0.4 is 4.74 Å². The average Bonchev–Trinajstić information content (AvgIpc) is 2.86. The van der Waals surface area contributed by atoms with E-state index in [9.17, 15) is 0 Å². The van der Waals surface area contributed by atoms with Gasteiger partial charge < -0.3 is 4.74 Å². The third kappa shape index (κ3) is 3.20. The van der Waals surface area contributed by atoms with Crippen LogP contribution in [-0.4, -0.2) is 9.93 Å².